The largest absolute Gasteiger partial charge is 0.481 e. The van der Waals surface area contributed by atoms with E-state index in [1.54, 1.807) is 36.4 Å². The fourth-order valence-corrected chi connectivity index (χ4v) is 3.69. The van der Waals surface area contributed by atoms with Gasteiger partial charge in [-0.2, -0.15) is 0 Å². The second-order valence-electron chi connectivity index (χ2n) is 8.19. The molecule has 2 aromatic carbocycles. The molecule has 36 heavy (non-hydrogen) atoms. The van der Waals surface area contributed by atoms with Crippen molar-refractivity contribution in [2.45, 2.75) is 49.6 Å². The van der Waals surface area contributed by atoms with Crippen molar-refractivity contribution in [3.63, 3.8) is 0 Å². The number of hydrogen-bond acceptors (Lipinski definition) is 9. The predicted molar refractivity (Wildman–Crippen MR) is 122 cm³/mol. The van der Waals surface area contributed by atoms with Gasteiger partial charge in [0.1, 0.15) is 36.2 Å². The third-order valence-electron chi connectivity index (χ3n) is 5.66. The topological polar surface area (TPSA) is 203 Å². The van der Waals surface area contributed by atoms with Gasteiger partial charge in [0.2, 0.25) is 6.29 Å². The first-order chi connectivity index (χ1) is 17.1. The third-order valence-corrected chi connectivity index (χ3v) is 5.66. The van der Waals surface area contributed by atoms with Crippen LogP contribution in [0.4, 0.5) is 0 Å². The van der Waals surface area contributed by atoms with Gasteiger partial charge < -0.3 is 45.4 Å². The van der Waals surface area contributed by atoms with E-state index in [1.165, 1.54) is 12.1 Å². The number of amides is 1. The summed E-state index contributed by atoms with van der Waals surface area (Å²) in [5.74, 6) is -3.07. The Hall–Kier alpha value is -3.55. The molecule has 1 aliphatic rings. The van der Waals surface area contributed by atoms with Gasteiger partial charge in [-0.3, -0.25) is 9.59 Å². The van der Waals surface area contributed by atoms with Crippen LogP contribution in [-0.4, -0.2) is 91.8 Å². The fraction of sp³-hybridized carbons (Fsp3) is 0.375. The van der Waals surface area contributed by atoms with Crippen molar-refractivity contribution in [1.29, 1.82) is 0 Å². The molecule has 0 saturated carbocycles. The molecule has 0 bridgehead atoms. The zero-order valence-corrected chi connectivity index (χ0v) is 18.9. The maximum absolute atomic E-state index is 12.7. The van der Waals surface area contributed by atoms with Crippen LogP contribution in [0.1, 0.15) is 23.2 Å². The molecule has 12 nitrogen and oxygen atoms in total. The van der Waals surface area contributed by atoms with Gasteiger partial charge in [-0.25, -0.2) is 4.79 Å². The molecular formula is C24H27NO11. The Labute approximate surface area is 205 Å². The van der Waals surface area contributed by atoms with Crippen molar-refractivity contribution in [3.8, 4) is 16.9 Å². The van der Waals surface area contributed by atoms with Crippen LogP contribution in [0.2, 0.25) is 0 Å². The second kappa shape index (κ2) is 11.9. The molecule has 0 aliphatic carbocycles. The van der Waals surface area contributed by atoms with Crippen molar-refractivity contribution in [3.05, 3.63) is 54.1 Å². The van der Waals surface area contributed by atoms with Crippen LogP contribution < -0.4 is 10.1 Å². The van der Waals surface area contributed by atoms with E-state index < -0.39 is 67.6 Å². The number of benzene rings is 2. The van der Waals surface area contributed by atoms with Crippen LogP contribution in [0.5, 0.6) is 5.75 Å². The second-order valence-corrected chi connectivity index (χ2v) is 8.19. The Morgan fingerprint density at radius 1 is 0.972 bits per heavy atom. The predicted octanol–water partition coefficient (Wildman–Crippen LogP) is -0.420. The van der Waals surface area contributed by atoms with E-state index in [1.807, 2.05) is 0 Å². The molecular weight excluding hydrogens is 478 g/mol. The zero-order valence-electron chi connectivity index (χ0n) is 18.9. The van der Waals surface area contributed by atoms with Crippen molar-refractivity contribution in [2.75, 3.05) is 6.61 Å². The summed E-state index contributed by atoms with van der Waals surface area (Å²) in [6, 6.07) is 11.3. The van der Waals surface area contributed by atoms with Crippen molar-refractivity contribution < 1.29 is 54.5 Å². The molecule has 0 radical (unpaired) electrons. The Morgan fingerprint density at radius 2 is 1.69 bits per heavy atom. The summed E-state index contributed by atoms with van der Waals surface area (Å²) in [4.78, 5) is 34.9. The molecule has 1 saturated heterocycles. The molecule has 7 N–H and O–H groups in total. The summed E-state index contributed by atoms with van der Waals surface area (Å²) >= 11 is 0. The monoisotopic (exact) mass is 505 g/mol. The summed E-state index contributed by atoms with van der Waals surface area (Å²) in [6.07, 6.45) is -8.07. The van der Waals surface area contributed by atoms with Gasteiger partial charge in [0.05, 0.1) is 6.61 Å². The number of para-hydroxylation sites is 1. The summed E-state index contributed by atoms with van der Waals surface area (Å²) in [6.45, 7) is -0.618. The van der Waals surface area contributed by atoms with E-state index >= 15 is 0 Å². The molecule has 2 aromatic rings. The minimum Gasteiger partial charge on any atom is -0.481 e. The highest BCUT2D eigenvalue weighted by Crippen LogP contribution is 2.33. The molecule has 0 spiro atoms. The number of carboxylic acid groups (broad SMARTS) is 2. The third kappa shape index (κ3) is 6.36. The first-order valence-electron chi connectivity index (χ1n) is 11.0. The Kier molecular flexibility index (Phi) is 8.96. The standard InChI is InChI=1S/C24H27NO11/c26-11-17-19(29)20(30)21(31)24(36-17)35-16-7-2-1-6-14(16)12-4-3-5-13(10-12)22(32)25-15(23(33)34)8-9-18(27)28/h1-7,10,15,17,19-21,24,26,29-31H,8-9,11H2,(H,25,32)(H,27,28)(H,33,34)/t15-,17+,19+,20+,21-,24-/m0/s1. The minimum absolute atomic E-state index is 0.108. The Balaban J connectivity index is 1.82. The Morgan fingerprint density at radius 3 is 2.36 bits per heavy atom. The fourth-order valence-electron chi connectivity index (χ4n) is 3.69. The maximum Gasteiger partial charge on any atom is 0.326 e. The molecule has 1 aliphatic heterocycles. The number of nitrogens with one attached hydrogen (secondary N) is 1. The number of carbonyl (C=O) groups excluding carboxylic acids is 1. The van der Waals surface area contributed by atoms with Gasteiger partial charge in [0, 0.05) is 17.5 Å². The van der Waals surface area contributed by atoms with E-state index in [0.717, 1.165) is 0 Å². The lowest BCUT2D eigenvalue weighted by atomic mass is 9.99. The van der Waals surface area contributed by atoms with Crippen LogP contribution in [0.25, 0.3) is 11.1 Å². The summed E-state index contributed by atoms with van der Waals surface area (Å²) in [7, 11) is 0. The van der Waals surface area contributed by atoms with Gasteiger partial charge in [0.15, 0.2) is 0 Å². The Bertz CT molecular complexity index is 1090. The number of aliphatic hydroxyl groups excluding tert-OH is 4. The molecule has 1 fully saturated rings. The van der Waals surface area contributed by atoms with Crippen LogP contribution >= 0.6 is 0 Å². The quantitative estimate of drug-likeness (QED) is 0.221. The van der Waals surface area contributed by atoms with Gasteiger partial charge in [-0.1, -0.05) is 30.3 Å². The van der Waals surface area contributed by atoms with Gasteiger partial charge in [0.25, 0.3) is 5.91 Å². The van der Waals surface area contributed by atoms with Crippen molar-refractivity contribution >= 4 is 17.8 Å². The molecule has 1 heterocycles. The van der Waals surface area contributed by atoms with E-state index in [9.17, 15) is 39.9 Å². The highest BCUT2D eigenvalue weighted by atomic mass is 16.7. The zero-order chi connectivity index (χ0) is 26.4. The number of aliphatic carboxylic acids is 2. The molecule has 194 valence electrons. The van der Waals surface area contributed by atoms with Gasteiger partial charge >= 0.3 is 11.9 Å². The molecule has 6 atom stereocenters. The number of carboxylic acids is 2. The molecule has 0 aromatic heterocycles. The van der Waals surface area contributed by atoms with Crippen LogP contribution in [0.3, 0.4) is 0 Å². The van der Waals surface area contributed by atoms with Crippen LogP contribution in [-0.2, 0) is 14.3 Å². The molecule has 0 unspecified atom stereocenters. The minimum atomic E-state index is -1.62. The lowest BCUT2D eigenvalue weighted by molar-refractivity contribution is -0.277. The van der Waals surface area contributed by atoms with E-state index in [-0.39, 0.29) is 17.7 Å². The van der Waals surface area contributed by atoms with E-state index in [4.69, 9.17) is 14.6 Å². The average molecular weight is 505 g/mol. The number of carbonyl (C=O) groups is 3. The highest BCUT2D eigenvalue weighted by Gasteiger charge is 2.44. The summed E-state index contributed by atoms with van der Waals surface area (Å²) < 4.78 is 11.2. The van der Waals surface area contributed by atoms with Crippen LogP contribution in [0, 0.1) is 0 Å². The molecule has 12 heteroatoms. The first-order valence-corrected chi connectivity index (χ1v) is 11.0. The number of ether oxygens (including phenoxy) is 2. The van der Waals surface area contributed by atoms with Gasteiger partial charge in [-0.05, 0) is 30.2 Å². The highest BCUT2D eigenvalue weighted by molar-refractivity contribution is 5.97. The normalized spacial score (nSPS) is 24.5. The summed E-state index contributed by atoms with van der Waals surface area (Å²) in [5, 5.41) is 60.1. The average Bonchev–Trinajstić information content (AvgIpc) is 2.86. The first kappa shape index (κ1) is 27.0. The molecule has 1 amide bonds. The van der Waals surface area contributed by atoms with E-state index in [2.05, 4.69) is 5.32 Å². The number of rotatable bonds is 10. The number of hydrogen-bond donors (Lipinski definition) is 7. The maximum atomic E-state index is 12.7. The van der Waals surface area contributed by atoms with Gasteiger partial charge in [-0.15, -0.1) is 0 Å². The lowest BCUT2D eigenvalue weighted by Crippen LogP contribution is -2.60. The molecule has 3 rings (SSSR count). The van der Waals surface area contributed by atoms with Crippen molar-refractivity contribution in [2.24, 2.45) is 0 Å². The number of aliphatic hydroxyl groups is 4. The van der Waals surface area contributed by atoms with E-state index in [0.29, 0.717) is 11.1 Å². The summed E-state index contributed by atoms with van der Waals surface area (Å²) in [5.41, 5.74) is 1.06. The SMILES string of the molecule is O=C(O)CC[C@H](NC(=O)c1cccc(-c2ccccc2O[C@H]2O[C@H](CO)[C@@H](O)[C@@H](O)[C@@H]2O)c1)C(=O)O. The lowest BCUT2D eigenvalue weighted by Gasteiger charge is -2.39. The van der Waals surface area contributed by atoms with Crippen LogP contribution in [0.15, 0.2) is 48.5 Å². The van der Waals surface area contributed by atoms with Crippen molar-refractivity contribution in [1.82, 2.24) is 5.32 Å². The smallest absolute Gasteiger partial charge is 0.326 e.